The number of halogens is 1. The number of thiazole rings is 1. The van der Waals surface area contributed by atoms with Gasteiger partial charge in [0.25, 0.3) is 0 Å². The van der Waals surface area contributed by atoms with E-state index in [4.69, 9.17) is 23.6 Å². The predicted octanol–water partition coefficient (Wildman–Crippen LogP) is 6.61. The number of rotatable bonds is 7. The summed E-state index contributed by atoms with van der Waals surface area (Å²) in [5.74, 6) is 2.22. The summed E-state index contributed by atoms with van der Waals surface area (Å²) in [6.45, 7) is 0.281. The van der Waals surface area contributed by atoms with Gasteiger partial charge in [-0.25, -0.2) is 14.4 Å². The summed E-state index contributed by atoms with van der Waals surface area (Å²) in [4.78, 5) is 9.25. The van der Waals surface area contributed by atoms with Crippen LogP contribution >= 0.6 is 11.3 Å². The molecule has 0 aliphatic heterocycles. The van der Waals surface area contributed by atoms with E-state index in [-0.39, 0.29) is 12.4 Å². The monoisotopic (exact) mass is 501 g/mol. The largest absolute Gasteiger partial charge is 0.497 e. The summed E-state index contributed by atoms with van der Waals surface area (Å²) >= 11 is 1.55. The molecule has 0 saturated heterocycles. The van der Waals surface area contributed by atoms with Gasteiger partial charge in [-0.15, -0.1) is 11.3 Å². The minimum Gasteiger partial charge on any atom is -0.497 e. The molecule has 0 N–H and O–H groups in total. The third kappa shape index (κ3) is 4.14. The topological polar surface area (TPSA) is 71.0 Å². The second kappa shape index (κ2) is 9.01. The number of hydrogen-bond acceptors (Lipinski definition) is 7. The molecule has 0 unspecified atom stereocenters. The molecular formula is C27H20FN3O4S. The summed E-state index contributed by atoms with van der Waals surface area (Å²) in [6.07, 6.45) is 3.10. The lowest BCUT2D eigenvalue weighted by atomic mass is 10.2. The Balaban J connectivity index is 1.28. The van der Waals surface area contributed by atoms with Gasteiger partial charge < -0.3 is 23.0 Å². The van der Waals surface area contributed by atoms with E-state index in [1.165, 1.54) is 12.3 Å². The van der Waals surface area contributed by atoms with E-state index in [0.29, 0.717) is 34.2 Å². The Hall–Kier alpha value is -4.37. The quantitative estimate of drug-likeness (QED) is 0.245. The number of imidazole rings is 1. The van der Waals surface area contributed by atoms with Crippen LogP contribution in [0.5, 0.6) is 17.2 Å². The summed E-state index contributed by atoms with van der Waals surface area (Å²) in [5, 5.41) is 3.66. The Morgan fingerprint density at radius 3 is 2.58 bits per heavy atom. The Bertz CT molecular complexity index is 1690. The number of aromatic nitrogens is 3. The molecule has 0 aliphatic carbocycles. The van der Waals surface area contributed by atoms with E-state index in [1.54, 1.807) is 48.3 Å². The SMILES string of the molecule is COc1ccc(-c2nc(COc3cc(OC)cc4oc(-c5cn6cc(F)ccc6n5)cc34)cs2)cc1. The minimum absolute atomic E-state index is 0.281. The fourth-order valence-corrected chi connectivity index (χ4v) is 4.73. The molecule has 0 aliphatic rings. The number of hydrogen-bond donors (Lipinski definition) is 0. The highest BCUT2D eigenvalue weighted by Crippen LogP contribution is 2.37. The lowest BCUT2D eigenvalue weighted by Gasteiger charge is -2.08. The maximum atomic E-state index is 13.6. The summed E-state index contributed by atoms with van der Waals surface area (Å²) in [5.41, 5.74) is 3.64. The first-order chi connectivity index (χ1) is 17.6. The number of fused-ring (bicyclic) bond motifs is 2. The second-order valence-corrected chi connectivity index (χ2v) is 8.91. The van der Waals surface area contributed by atoms with Crippen molar-refractivity contribution in [2.45, 2.75) is 6.61 Å². The molecule has 4 aromatic heterocycles. The standard InChI is InChI=1S/C27H20FN3O4S/c1-32-19-6-3-16(4-7-19)27-29-18(15-36-27)14-34-23-9-20(33-2)10-24-21(23)11-25(35-24)22-13-31-12-17(28)5-8-26(31)30-22/h3-13,15H,14H2,1-2H3. The third-order valence-electron chi connectivity index (χ3n) is 5.74. The molecule has 0 bridgehead atoms. The number of ether oxygens (including phenoxy) is 3. The van der Waals surface area contributed by atoms with Crippen molar-refractivity contribution in [1.29, 1.82) is 0 Å². The number of benzene rings is 2. The average Bonchev–Trinajstić information content (AvgIpc) is 3.64. The van der Waals surface area contributed by atoms with Gasteiger partial charge in [0.15, 0.2) is 5.76 Å². The lowest BCUT2D eigenvalue weighted by molar-refractivity contribution is 0.303. The van der Waals surface area contributed by atoms with E-state index < -0.39 is 0 Å². The Labute approximate surface area is 209 Å². The van der Waals surface area contributed by atoms with Crippen LogP contribution in [-0.2, 0) is 6.61 Å². The van der Waals surface area contributed by atoms with Crippen molar-refractivity contribution in [3.63, 3.8) is 0 Å². The van der Waals surface area contributed by atoms with Crippen LogP contribution in [-0.4, -0.2) is 28.6 Å². The van der Waals surface area contributed by atoms with E-state index in [0.717, 1.165) is 27.4 Å². The molecule has 0 saturated carbocycles. The summed E-state index contributed by atoms with van der Waals surface area (Å²) < 4.78 is 38.1. The predicted molar refractivity (Wildman–Crippen MR) is 135 cm³/mol. The van der Waals surface area contributed by atoms with Crippen molar-refractivity contribution < 1.29 is 23.0 Å². The maximum absolute atomic E-state index is 13.6. The molecule has 7 nitrogen and oxygen atoms in total. The van der Waals surface area contributed by atoms with Crippen LogP contribution in [0.25, 0.3) is 38.6 Å². The number of nitrogens with zero attached hydrogens (tertiary/aromatic N) is 3. The smallest absolute Gasteiger partial charge is 0.155 e. The minimum atomic E-state index is -0.339. The molecule has 0 amide bonds. The first-order valence-electron chi connectivity index (χ1n) is 11.1. The Morgan fingerprint density at radius 1 is 0.944 bits per heavy atom. The van der Waals surface area contributed by atoms with Gasteiger partial charge in [0.05, 0.1) is 25.3 Å². The summed E-state index contributed by atoms with van der Waals surface area (Å²) in [6, 6.07) is 16.3. The molecular weight excluding hydrogens is 481 g/mol. The van der Waals surface area contributed by atoms with Gasteiger partial charge in [-0.05, 0) is 42.5 Å². The van der Waals surface area contributed by atoms with Crippen LogP contribution < -0.4 is 14.2 Å². The van der Waals surface area contributed by atoms with E-state index in [9.17, 15) is 4.39 Å². The molecule has 4 heterocycles. The van der Waals surface area contributed by atoms with Gasteiger partial charge >= 0.3 is 0 Å². The number of methoxy groups -OCH3 is 2. The second-order valence-electron chi connectivity index (χ2n) is 8.05. The molecule has 9 heteroatoms. The lowest BCUT2D eigenvalue weighted by Crippen LogP contribution is -1.97. The first-order valence-corrected chi connectivity index (χ1v) is 12.0. The van der Waals surface area contributed by atoms with Gasteiger partial charge in [0.2, 0.25) is 0 Å². The molecule has 0 atom stereocenters. The molecule has 180 valence electrons. The van der Waals surface area contributed by atoms with Crippen molar-refractivity contribution >= 4 is 28.0 Å². The van der Waals surface area contributed by atoms with Crippen molar-refractivity contribution in [1.82, 2.24) is 14.4 Å². The molecule has 0 fully saturated rings. The van der Waals surface area contributed by atoms with Crippen molar-refractivity contribution in [2.75, 3.05) is 14.2 Å². The van der Waals surface area contributed by atoms with Gasteiger partial charge in [-0.2, -0.15) is 0 Å². The van der Waals surface area contributed by atoms with E-state index >= 15 is 0 Å². The average molecular weight is 502 g/mol. The Kier molecular flexibility index (Phi) is 5.54. The van der Waals surface area contributed by atoms with Crippen LogP contribution in [0.2, 0.25) is 0 Å². The number of pyridine rings is 1. The zero-order chi connectivity index (χ0) is 24.6. The third-order valence-corrected chi connectivity index (χ3v) is 6.68. The van der Waals surface area contributed by atoms with E-state index in [2.05, 4.69) is 4.98 Å². The molecule has 6 aromatic rings. The van der Waals surface area contributed by atoms with E-state index in [1.807, 2.05) is 41.8 Å². The van der Waals surface area contributed by atoms with Crippen molar-refractivity contribution in [2.24, 2.45) is 0 Å². The molecule has 0 radical (unpaired) electrons. The van der Waals surface area contributed by atoms with Crippen LogP contribution in [0.4, 0.5) is 4.39 Å². The highest BCUT2D eigenvalue weighted by atomic mass is 32.1. The Morgan fingerprint density at radius 2 is 1.78 bits per heavy atom. The maximum Gasteiger partial charge on any atom is 0.155 e. The molecule has 0 spiro atoms. The van der Waals surface area contributed by atoms with Gasteiger partial charge in [0, 0.05) is 35.5 Å². The molecule has 6 rings (SSSR count). The zero-order valence-electron chi connectivity index (χ0n) is 19.4. The highest BCUT2D eigenvalue weighted by Gasteiger charge is 2.16. The van der Waals surface area contributed by atoms with Crippen LogP contribution in [0, 0.1) is 5.82 Å². The molecule has 2 aromatic carbocycles. The van der Waals surface area contributed by atoms with Crippen LogP contribution in [0.1, 0.15) is 5.69 Å². The van der Waals surface area contributed by atoms with Crippen molar-refractivity contribution in [3.05, 3.63) is 83.9 Å². The normalized spacial score (nSPS) is 11.3. The van der Waals surface area contributed by atoms with Crippen molar-refractivity contribution in [3.8, 4) is 39.3 Å². The zero-order valence-corrected chi connectivity index (χ0v) is 20.2. The van der Waals surface area contributed by atoms with Crippen LogP contribution in [0.15, 0.2) is 76.8 Å². The van der Waals surface area contributed by atoms with Gasteiger partial charge in [0.1, 0.15) is 51.6 Å². The molecule has 36 heavy (non-hydrogen) atoms. The highest BCUT2D eigenvalue weighted by molar-refractivity contribution is 7.13. The van der Waals surface area contributed by atoms with Crippen LogP contribution in [0.3, 0.4) is 0 Å². The van der Waals surface area contributed by atoms with Gasteiger partial charge in [-0.3, -0.25) is 0 Å². The van der Waals surface area contributed by atoms with Gasteiger partial charge in [-0.1, -0.05) is 0 Å². The fourth-order valence-electron chi connectivity index (χ4n) is 3.92. The summed E-state index contributed by atoms with van der Waals surface area (Å²) in [7, 11) is 3.23. The number of furan rings is 1. The first kappa shape index (κ1) is 22.1. The fraction of sp³-hybridized carbons (Fsp3) is 0.111.